The normalized spacial score (nSPS) is 27.2. The molecular weight excluding hydrogens is 326 g/mol. The second-order valence-electron chi connectivity index (χ2n) is 7.21. The van der Waals surface area contributed by atoms with Crippen molar-refractivity contribution in [2.24, 2.45) is 5.92 Å². The molecule has 0 radical (unpaired) electrons. The summed E-state index contributed by atoms with van der Waals surface area (Å²) in [6.07, 6.45) is 3.46. The number of hydrogen-bond donors (Lipinski definition) is 1. The number of imide groups is 1. The molecule has 1 spiro atoms. The van der Waals surface area contributed by atoms with Gasteiger partial charge >= 0.3 is 6.03 Å². The molecule has 1 saturated heterocycles. The van der Waals surface area contributed by atoms with Crippen LogP contribution in [-0.2, 0) is 11.3 Å². The number of carbonyl (C=O) groups excluding carboxylic acids is 2. The van der Waals surface area contributed by atoms with Gasteiger partial charge in [0.25, 0.3) is 5.91 Å². The van der Waals surface area contributed by atoms with E-state index in [0.717, 1.165) is 31.2 Å². The number of halogens is 1. The highest BCUT2D eigenvalue weighted by Crippen LogP contribution is 2.36. The van der Waals surface area contributed by atoms with Crippen LogP contribution in [0.1, 0.15) is 38.2 Å². The summed E-state index contributed by atoms with van der Waals surface area (Å²) in [6, 6.07) is 7.34. The maximum atomic E-state index is 12.8. The molecule has 1 aliphatic heterocycles. The number of amides is 3. The lowest BCUT2D eigenvalue weighted by atomic mass is 9.77. The molecule has 24 heavy (non-hydrogen) atoms. The first kappa shape index (κ1) is 17.2. The first-order valence-corrected chi connectivity index (χ1v) is 8.84. The van der Waals surface area contributed by atoms with E-state index in [2.05, 4.69) is 12.2 Å². The molecule has 3 amide bonds. The van der Waals surface area contributed by atoms with Gasteiger partial charge in [-0.05, 0) is 56.3 Å². The van der Waals surface area contributed by atoms with Crippen molar-refractivity contribution in [1.29, 1.82) is 0 Å². The monoisotopic (exact) mass is 349 g/mol. The summed E-state index contributed by atoms with van der Waals surface area (Å²) in [5.41, 5.74) is 0.388. The van der Waals surface area contributed by atoms with Gasteiger partial charge in [-0.15, -0.1) is 0 Å². The maximum absolute atomic E-state index is 12.8. The first-order chi connectivity index (χ1) is 11.4. The molecule has 0 aromatic heterocycles. The van der Waals surface area contributed by atoms with Crippen LogP contribution in [0.2, 0.25) is 5.02 Å². The molecule has 5 nitrogen and oxygen atoms in total. The molecule has 0 bridgehead atoms. The third-order valence-electron chi connectivity index (χ3n) is 5.10. The van der Waals surface area contributed by atoms with E-state index in [1.807, 2.05) is 36.2 Å². The summed E-state index contributed by atoms with van der Waals surface area (Å²) in [4.78, 5) is 28.5. The fraction of sp³-hybridized carbons (Fsp3) is 0.556. The fourth-order valence-corrected chi connectivity index (χ4v) is 3.85. The molecule has 1 N–H and O–H groups in total. The smallest absolute Gasteiger partial charge is 0.323 e. The van der Waals surface area contributed by atoms with Crippen molar-refractivity contribution in [3.8, 4) is 0 Å². The zero-order valence-electron chi connectivity index (χ0n) is 14.2. The van der Waals surface area contributed by atoms with E-state index in [-0.39, 0.29) is 18.6 Å². The highest BCUT2D eigenvalue weighted by atomic mass is 35.5. The first-order valence-electron chi connectivity index (χ1n) is 8.47. The minimum absolute atomic E-state index is 0.0719. The predicted molar refractivity (Wildman–Crippen MR) is 93.5 cm³/mol. The van der Waals surface area contributed by atoms with Crippen LogP contribution in [-0.4, -0.2) is 41.0 Å². The van der Waals surface area contributed by atoms with Gasteiger partial charge in [0.2, 0.25) is 0 Å². The highest BCUT2D eigenvalue weighted by Gasteiger charge is 2.52. The van der Waals surface area contributed by atoms with Crippen molar-refractivity contribution >= 4 is 23.5 Å². The molecule has 1 heterocycles. The molecule has 3 rings (SSSR count). The number of urea groups is 1. The van der Waals surface area contributed by atoms with Crippen LogP contribution >= 0.6 is 11.6 Å². The van der Waals surface area contributed by atoms with E-state index in [0.29, 0.717) is 17.5 Å². The van der Waals surface area contributed by atoms with Crippen molar-refractivity contribution < 1.29 is 9.59 Å². The molecule has 1 aromatic rings. The van der Waals surface area contributed by atoms with Crippen LogP contribution in [0.3, 0.4) is 0 Å². The molecule has 2 fully saturated rings. The van der Waals surface area contributed by atoms with Crippen molar-refractivity contribution in [3.63, 3.8) is 0 Å². The Balaban J connectivity index is 1.64. The van der Waals surface area contributed by atoms with Gasteiger partial charge in [0.05, 0.1) is 6.67 Å². The Labute approximate surface area is 147 Å². The number of nitrogens with one attached hydrogen (secondary N) is 1. The van der Waals surface area contributed by atoms with Gasteiger partial charge in [-0.3, -0.25) is 9.69 Å². The topological polar surface area (TPSA) is 52.7 Å². The van der Waals surface area contributed by atoms with Gasteiger partial charge in [0.1, 0.15) is 5.54 Å². The number of rotatable bonds is 4. The third-order valence-corrected chi connectivity index (χ3v) is 5.33. The van der Waals surface area contributed by atoms with E-state index >= 15 is 0 Å². The second-order valence-corrected chi connectivity index (χ2v) is 7.65. The van der Waals surface area contributed by atoms with Crippen molar-refractivity contribution in [1.82, 2.24) is 15.1 Å². The Morgan fingerprint density at radius 2 is 2.04 bits per heavy atom. The molecule has 1 aliphatic carbocycles. The van der Waals surface area contributed by atoms with Crippen LogP contribution in [0.5, 0.6) is 0 Å². The average Bonchev–Trinajstić information content (AvgIpc) is 2.75. The van der Waals surface area contributed by atoms with E-state index in [9.17, 15) is 9.59 Å². The Kier molecular flexibility index (Phi) is 4.83. The van der Waals surface area contributed by atoms with Gasteiger partial charge in [0.15, 0.2) is 0 Å². The standard InChI is InChI=1S/C18H24ClN3O2/c1-13-6-8-18(9-7-13)16(23)22(17(24)20-18)12-21(2)11-14-4-3-5-15(19)10-14/h3-5,10,13H,6-9,11-12H2,1-2H3,(H,20,24). The minimum atomic E-state index is -0.666. The van der Waals surface area contributed by atoms with Crippen molar-refractivity contribution in [3.05, 3.63) is 34.9 Å². The lowest BCUT2D eigenvalue weighted by Gasteiger charge is -2.33. The van der Waals surface area contributed by atoms with Gasteiger partial charge in [-0.1, -0.05) is 30.7 Å². The van der Waals surface area contributed by atoms with E-state index in [1.165, 1.54) is 4.90 Å². The lowest BCUT2D eigenvalue weighted by Crippen LogP contribution is -2.49. The maximum Gasteiger partial charge on any atom is 0.326 e. The van der Waals surface area contributed by atoms with Gasteiger partial charge in [-0.2, -0.15) is 0 Å². The van der Waals surface area contributed by atoms with Gasteiger partial charge in [-0.25, -0.2) is 9.69 Å². The number of benzene rings is 1. The molecule has 1 aromatic carbocycles. The largest absolute Gasteiger partial charge is 0.326 e. The number of carbonyl (C=O) groups is 2. The summed E-state index contributed by atoms with van der Waals surface area (Å²) in [5.74, 6) is 0.553. The quantitative estimate of drug-likeness (QED) is 0.849. The number of nitrogens with zero attached hydrogens (tertiary/aromatic N) is 2. The molecule has 130 valence electrons. The molecule has 1 saturated carbocycles. The summed E-state index contributed by atoms with van der Waals surface area (Å²) in [5, 5.41) is 3.64. The Morgan fingerprint density at radius 1 is 1.33 bits per heavy atom. The Bertz CT molecular complexity index is 641. The van der Waals surface area contributed by atoms with Crippen molar-refractivity contribution in [2.45, 2.75) is 44.7 Å². The molecule has 6 heteroatoms. The fourth-order valence-electron chi connectivity index (χ4n) is 3.64. The van der Waals surface area contributed by atoms with E-state index in [4.69, 9.17) is 11.6 Å². The lowest BCUT2D eigenvalue weighted by molar-refractivity contribution is -0.134. The van der Waals surface area contributed by atoms with Crippen LogP contribution in [0.15, 0.2) is 24.3 Å². The van der Waals surface area contributed by atoms with Crippen molar-refractivity contribution in [2.75, 3.05) is 13.7 Å². The molecule has 0 atom stereocenters. The van der Waals surface area contributed by atoms with Crippen LogP contribution in [0.25, 0.3) is 0 Å². The summed E-state index contributed by atoms with van der Waals surface area (Å²) in [7, 11) is 1.90. The highest BCUT2D eigenvalue weighted by molar-refractivity contribution is 6.30. The Morgan fingerprint density at radius 3 is 2.71 bits per heavy atom. The Hall–Kier alpha value is -1.59. The summed E-state index contributed by atoms with van der Waals surface area (Å²) in [6.45, 7) is 3.11. The summed E-state index contributed by atoms with van der Waals surface area (Å²) >= 11 is 6.01. The predicted octanol–water partition coefficient (Wildman–Crippen LogP) is 3.23. The van der Waals surface area contributed by atoms with E-state index < -0.39 is 5.54 Å². The van der Waals surface area contributed by atoms with Crippen LogP contribution in [0.4, 0.5) is 4.79 Å². The van der Waals surface area contributed by atoms with Gasteiger partial charge < -0.3 is 5.32 Å². The van der Waals surface area contributed by atoms with Gasteiger partial charge in [0, 0.05) is 11.6 Å². The minimum Gasteiger partial charge on any atom is -0.323 e. The second kappa shape index (κ2) is 6.73. The van der Waals surface area contributed by atoms with E-state index in [1.54, 1.807) is 0 Å². The average molecular weight is 350 g/mol. The molecule has 2 aliphatic rings. The zero-order valence-corrected chi connectivity index (χ0v) is 15.0. The third kappa shape index (κ3) is 3.42. The molecule has 0 unspecified atom stereocenters. The zero-order chi connectivity index (χ0) is 17.3. The van der Waals surface area contributed by atoms with Crippen LogP contribution < -0.4 is 5.32 Å². The number of hydrogen-bond acceptors (Lipinski definition) is 3. The summed E-state index contributed by atoms with van der Waals surface area (Å²) < 4.78 is 0. The molecular formula is C18H24ClN3O2. The SMILES string of the molecule is CC1CCC2(CC1)NC(=O)N(CN(C)Cc1cccc(Cl)c1)C2=O. The van der Waals surface area contributed by atoms with Crippen LogP contribution in [0, 0.1) is 5.92 Å².